The largest absolute Gasteiger partial charge is 0.481 e. The minimum Gasteiger partial charge on any atom is -0.481 e. The fourth-order valence-corrected chi connectivity index (χ4v) is 2.74. The van der Waals surface area contributed by atoms with Crippen LogP contribution in [0, 0.1) is 0 Å². The lowest BCUT2D eigenvalue weighted by molar-refractivity contribution is -0.143. The highest BCUT2D eigenvalue weighted by Gasteiger charge is 2.43. The van der Waals surface area contributed by atoms with Crippen LogP contribution in [0.4, 0.5) is 0 Å². The molecular weight excluding hydrogens is 214 g/mol. The maximum atomic E-state index is 11.5. The number of carboxylic acid groups (broad SMARTS) is 1. The number of nitrogens with one attached hydrogen (secondary N) is 1. The van der Waals surface area contributed by atoms with Gasteiger partial charge in [0.2, 0.25) is 0 Å². The van der Waals surface area contributed by atoms with Gasteiger partial charge in [-0.3, -0.25) is 4.79 Å². The van der Waals surface area contributed by atoms with Gasteiger partial charge in [0.15, 0.2) is 0 Å². The van der Waals surface area contributed by atoms with E-state index in [1.807, 2.05) is 12.1 Å². The van der Waals surface area contributed by atoms with Gasteiger partial charge in [-0.05, 0) is 42.9 Å². The Morgan fingerprint density at radius 1 is 1.29 bits per heavy atom. The van der Waals surface area contributed by atoms with Crippen LogP contribution in [0.25, 0.3) is 0 Å². The number of carbonyl (C=O) groups is 1. The summed E-state index contributed by atoms with van der Waals surface area (Å²) in [6.07, 6.45) is 3.25. The van der Waals surface area contributed by atoms with E-state index in [1.54, 1.807) is 0 Å². The first-order chi connectivity index (χ1) is 8.22. The van der Waals surface area contributed by atoms with Crippen molar-refractivity contribution < 1.29 is 9.90 Å². The lowest BCUT2D eigenvalue weighted by atomic mass is 9.79. The number of benzene rings is 1. The van der Waals surface area contributed by atoms with Crippen LogP contribution in [-0.2, 0) is 10.2 Å². The standard InChI is InChI=1S/C14H17NO2/c16-13(17)14(7-8-15-9-14)12-5-3-11(4-6-12)10-1-2-10/h3-6,10,15H,1-2,7-9H2,(H,16,17). The molecule has 3 rings (SSSR count). The van der Waals surface area contributed by atoms with Crippen molar-refractivity contribution in [1.82, 2.24) is 5.32 Å². The highest BCUT2D eigenvalue weighted by atomic mass is 16.4. The predicted molar refractivity (Wildman–Crippen MR) is 65.2 cm³/mol. The third kappa shape index (κ3) is 1.75. The molecule has 1 aromatic carbocycles. The van der Waals surface area contributed by atoms with E-state index < -0.39 is 11.4 Å². The molecule has 1 aliphatic carbocycles. The maximum Gasteiger partial charge on any atom is 0.315 e. The molecule has 1 saturated heterocycles. The van der Waals surface area contributed by atoms with Gasteiger partial charge in [-0.25, -0.2) is 0 Å². The second-order valence-corrected chi connectivity index (χ2v) is 5.21. The van der Waals surface area contributed by atoms with Gasteiger partial charge in [0.05, 0.1) is 0 Å². The Hall–Kier alpha value is -1.35. The molecule has 0 amide bonds. The Bertz CT molecular complexity index is 428. The van der Waals surface area contributed by atoms with Crippen LogP contribution in [0.15, 0.2) is 24.3 Å². The van der Waals surface area contributed by atoms with E-state index in [0.29, 0.717) is 13.0 Å². The van der Waals surface area contributed by atoms with Gasteiger partial charge in [0.1, 0.15) is 5.41 Å². The molecule has 0 radical (unpaired) electrons. The summed E-state index contributed by atoms with van der Waals surface area (Å²) in [6.45, 7) is 1.34. The molecule has 1 heterocycles. The first-order valence-electron chi connectivity index (χ1n) is 6.27. The average molecular weight is 231 g/mol. The van der Waals surface area contributed by atoms with E-state index in [2.05, 4.69) is 17.4 Å². The second-order valence-electron chi connectivity index (χ2n) is 5.21. The summed E-state index contributed by atoms with van der Waals surface area (Å²) >= 11 is 0. The van der Waals surface area contributed by atoms with E-state index in [4.69, 9.17) is 0 Å². The second kappa shape index (κ2) is 3.84. The zero-order valence-corrected chi connectivity index (χ0v) is 9.78. The summed E-state index contributed by atoms with van der Waals surface area (Å²) in [5.41, 5.74) is 1.60. The zero-order valence-electron chi connectivity index (χ0n) is 9.78. The summed E-state index contributed by atoms with van der Waals surface area (Å²) < 4.78 is 0. The van der Waals surface area contributed by atoms with Crippen LogP contribution in [0.5, 0.6) is 0 Å². The Kier molecular flexibility index (Phi) is 2.44. The normalized spacial score (nSPS) is 28.2. The maximum absolute atomic E-state index is 11.5. The third-order valence-electron chi connectivity index (χ3n) is 4.08. The van der Waals surface area contributed by atoms with Crippen LogP contribution in [0.2, 0.25) is 0 Å². The van der Waals surface area contributed by atoms with Gasteiger partial charge in [-0.1, -0.05) is 24.3 Å². The van der Waals surface area contributed by atoms with Gasteiger partial charge in [-0.15, -0.1) is 0 Å². The van der Waals surface area contributed by atoms with Gasteiger partial charge in [-0.2, -0.15) is 0 Å². The fraction of sp³-hybridized carbons (Fsp3) is 0.500. The molecule has 1 unspecified atom stereocenters. The molecule has 0 bridgehead atoms. The van der Waals surface area contributed by atoms with Crippen LogP contribution < -0.4 is 5.32 Å². The van der Waals surface area contributed by atoms with Gasteiger partial charge in [0.25, 0.3) is 0 Å². The zero-order chi connectivity index (χ0) is 11.9. The summed E-state index contributed by atoms with van der Waals surface area (Å²) in [5.74, 6) is 0.0215. The quantitative estimate of drug-likeness (QED) is 0.835. The molecule has 2 aliphatic rings. The van der Waals surface area contributed by atoms with E-state index in [0.717, 1.165) is 18.0 Å². The van der Waals surface area contributed by atoms with Crippen molar-refractivity contribution in [2.75, 3.05) is 13.1 Å². The summed E-state index contributed by atoms with van der Waals surface area (Å²) in [7, 11) is 0. The van der Waals surface area contributed by atoms with Crippen molar-refractivity contribution in [3.8, 4) is 0 Å². The van der Waals surface area contributed by atoms with E-state index in [-0.39, 0.29) is 0 Å². The number of hydrogen-bond acceptors (Lipinski definition) is 2. The predicted octanol–water partition coefficient (Wildman–Crippen LogP) is 1.88. The number of rotatable bonds is 3. The lowest BCUT2D eigenvalue weighted by Gasteiger charge is -2.23. The molecule has 0 aromatic heterocycles. The lowest BCUT2D eigenvalue weighted by Crippen LogP contribution is -2.37. The van der Waals surface area contributed by atoms with Crippen LogP contribution in [0.1, 0.15) is 36.3 Å². The van der Waals surface area contributed by atoms with Crippen molar-refractivity contribution >= 4 is 5.97 Å². The molecule has 0 spiro atoms. The molecule has 1 atom stereocenters. The molecular formula is C14H17NO2. The SMILES string of the molecule is O=C(O)C1(c2ccc(C3CC3)cc2)CCNC1. The van der Waals surface area contributed by atoms with Crippen LogP contribution in [0.3, 0.4) is 0 Å². The van der Waals surface area contributed by atoms with Crippen molar-refractivity contribution in [1.29, 1.82) is 0 Å². The molecule has 1 aromatic rings. The van der Waals surface area contributed by atoms with Crippen molar-refractivity contribution in [2.24, 2.45) is 0 Å². The van der Waals surface area contributed by atoms with E-state index in [9.17, 15) is 9.90 Å². The summed E-state index contributed by atoms with van der Waals surface area (Å²) in [4.78, 5) is 11.5. The van der Waals surface area contributed by atoms with E-state index >= 15 is 0 Å². The molecule has 1 aliphatic heterocycles. The van der Waals surface area contributed by atoms with Crippen molar-refractivity contribution in [3.63, 3.8) is 0 Å². The highest BCUT2D eigenvalue weighted by molar-refractivity contribution is 5.82. The molecule has 1 saturated carbocycles. The van der Waals surface area contributed by atoms with Gasteiger partial charge >= 0.3 is 5.97 Å². The molecule has 2 fully saturated rings. The smallest absolute Gasteiger partial charge is 0.315 e. The third-order valence-corrected chi connectivity index (χ3v) is 4.08. The molecule has 17 heavy (non-hydrogen) atoms. The van der Waals surface area contributed by atoms with Crippen molar-refractivity contribution in [2.45, 2.75) is 30.6 Å². The number of aliphatic carboxylic acids is 1. The Labute approximate surface area is 101 Å². The van der Waals surface area contributed by atoms with Gasteiger partial charge in [0, 0.05) is 6.54 Å². The van der Waals surface area contributed by atoms with Gasteiger partial charge < -0.3 is 10.4 Å². The number of carboxylic acids is 1. The Morgan fingerprint density at radius 2 is 2.00 bits per heavy atom. The van der Waals surface area contributed by atoms with Crippen LogP contribution >= 0.6 is 0 Å². The molecule has 3 heteroatoms. The summed E-state index contributed by atoms with van der Waals surface area (Å²) in [6, 6.07) is 8.23. The van der Waals surface area contributed by atoms with Crippen LogP contribution in [-0.4, -0.2) is 24.2 Å². The van der Waals surface area contributed by atoms with Crippen molar-refractivity contribution in [3.05, 3.63) is 35.4 Å². The Balaban J connectivity index is 1.92. The molecule has 2 N–H and O–H groups in total. The highest BCUT2D eigenvalue weighted by Crippen LogP contribution is 2.41. The fourth-order valence-electron chi connectivity index (χ4n) is 2.74. The Morgan fingerprint density at radius 3 is 2.47 bits per heavy atom. The number of hydrogen-bond donors (Lipinski definition) is 2. The van der Waals surface area contributed by atoms with E-state index in [1.165, 1.54) is 18.4 Å². The molecule has 3 nitrogen and oxygen atoms in total. The first kappa shape index (κ1) is 10.8. The monoisotopic (exact) mass is 231 g/mol. The summed E-state index contributed by atoms with van der Waals surface area (Å²) in [5, 5.41) is 12.6. The molecule has 90 valence electrons. The minimum atomic E-state index is -0.707. The first-order valence-corrected chi connectivity index (χ1v) is 6.27. The minimum absolute atomic E-state index is 0.547. The topological polar surface area (TPSA) is 49.3 Å². The average Bonchev–Trinajstić information content (AvgIpc) is 3.06.